The zero-order chi connectivity index (χ0) is 16.5. The van der Waals surface area contributed by atoms with Crippen molar-refractivity contribution in [3.63, 3.8) is 0 Å². The standard InChI is InChI=1S/C17H25N5O/c1-4-18-17(19-10-11-23-3)22(2)13-16-20-12-15(21-16)14-8-6-5-7-9-14/h5-9,12H,4,10-11,13H2,1-3H3,(H,18,19)(H,20,21). The van der Waals surface area contributed by atoms with Gasteiger partial charge in [0, 0.05) is 20.7 Å². The summed E-state index contributed by atoms with van der Waals surface area (Å²) < 4.78 is 5.05. The molecule has 2 rings (SSSR count). The quantitative estimate of drug-likeness (QED) is 0.467. The van der Waals surface area contributed by atoms with Crippen molar-refractivity contribution in [2.75, 3.05) is 33.9 Å². The molecular formula is C17H25N5O. The van der Waals surface area contributed by atoms with Crippen LogP contribution in [-0.2, 0) is 11.3 Å². The predicted octanol–water partition coefficient (Wildman–Crippen LogP) is 2.12. The molecule has 1 aromatic carbocycles. The van der Waals surface area contributed by atoms with Crippen molar-refractivity contribution in [2.45, 2.75) is 13.5 Å². The average molecular weight is 315 g/mol. The molecule has 1 aromatic heterocycles. The zero-order valence-electron chi connectivity index (χ0n) is 14.0. The van der Waals surface area contributed by atoms with Crippen LogP contribution < -0.4 is 5.32 Å². The first-order valence-corrected chi connectivity index (χ1v) is 7.82. The maximum Gasteiger partial charge on any atom is 0.194 e. The van der Waals surface area contributed by atoms with E-state index < -0.39 is 0 Å². The second-order valence-electron chi connectivity index (χ2n) is 5.19. The number of imidazole rings is 1. The van der Waals surface area contributed by atoms with Crippen LogP contribution in [0.3, 0.4) is 0 Å². The number of nitrogens with one attached hydrogen (secondary N) is 2. The summed E-state index contributed by atoms with van der Waals surface area (Å²) in [7, 11) is 3.68. The number of benzene rings is 1. The monoisotopic (exact) mass is 315 g/mol. The Balaban J connectivity index is 2.02. The summed E-state index contributed by atoms with van der Waals surface area (Å²) in [5.74, 6) is 1.76. The van der Waals surface area contributed by atoms with Gasteiger partial charge in [-0.2, -0.15) is 0 Å². The number of aliphatic imine (C=N–C) groups is 1. The molecule has 23 heavy (non-hydrogen) atoms. The number of rotatable bonds is 7. The maximum atomic E-state index is 5.05. The minimum absolute atomic E-state index is 0.613. The third-order valence-electron chi connectivity index (χ3n) is 3.35. The Kier molecular flexibility index (Phi) is 6.62. The van der Waals surface area contributed by atoms with E-state index in [1.54, 1.807) is 7.11 Å². The van der Waals surface area contributed by atoms with Crippen molar-refractivity contribution in [2.24, 2.45) is 4.99 Å². The minimum Gasteiger partial charge on any atom is -0.383 e. The number of hydrogen-bond donors (Lipinski definition) is 2. The number of methoxy groups -OCH3 is 1. The van der Waals surface area contributed by atoms with Crippen LogP contribution in [0, 0.1) is 0 Å². The smallest absolute Gasteiger partial charge is 0.194 e. The van der Waals surface area contributed by atoms with E-state index in [1.807, 2.05) is 36.3 Å². The molecule has 124 valence electrons. The largest absolute Gasteiger partial charge is 0.383 e. The fourth-order valence-corrected chi connectivity index (χ4v) is 2.22. The third kappa shape index (κ3) is 5.10. The van der Waals surface area contributed by atoms with Crippen LogP contribution in [0.2, 0.25) is 0 Å². The highest BCUT2D eigenvalue weighted by molar-refractivity contribution is 5.79. The Morgan fingerprint density at radius 3 is 2.83 bits per heavy atom. The SMILES string of the molecule is CCNC(=NCCOC)N(C)Cc1ncc(-c2ccccc2)[nH]1. The third-order valence-corrected chi connectivity index (χ3v) is 3.35. The van der Waals surface area contributed by atoms with E-state index in [4.69, 9.17) is 4.74 Å². The normalized spacial score (nSPS) is 11.5. The first-order chi connectivity index (χ1) is 11.2. The zero-order valence-corrected chi connectivity index (χ0v) is 14.0. The molecule has 2 N–H and O–H groups in total. The van der Waals surface area contributed by atoms with Crippen LogP contribution in [0.5, 0.6) is 0 Å². The Morgan fingerprint density at radius 2 is 2.13 bits per heavy atom. The van der Waals surface area contributed by atoms with E-state index >= 15 is 0 Å². The molecular weight excluding hydrogens is 290 g/mol. The molecule has 0 aliphatic rings. The summed E-state index contributed by atoms with van der Waals surface area (Å²) in [5.41, 5.74) is 2.16. The molecule has 1 heterocycles. The number of aromatic amines is 1. The van der Waals surface area contributed by atoms with Gasteiger partial charge in [-0.3, -0.25) is 4.99 Å². The van der Waals surface area contributed by atoms with E-state index in [1.165, 1.54) is 0 Å². The van der Waals surface area contributed by atoms with Gasteiger partial charge in [-0.15, -0.1) is 0 Å². The molecule has 6 nitrogen and oxygen atoms in total. The van der Waals surface area contributed by atoms with Gasteiger partial charge < -0.3 is 19.9 Å². The summed E-state index contributed by atoms with van der Waals surface area (Å²) >= 11 is 0. The number of ether oxygens (including phenoxy) is 1. The van der Waals surface area contributed by atoms with Gasteiger partial charge in [0.1, 0.15) is 5.82 Å². The second kappa shape index (κ2) is 8.95. The van der Waals surface area contributed by atoms with Gasteiger partial charge in [-0.25, -0.2) is 4.98 Å². The van der Waals surface area contributed by atoms with Gasteiger partial charge in [0.15, 0.2) is 5.96 Å². The number of H-pyrrole nitrogens is 1. The highest BCUT2D eigenvalue weighted by Crippen LogP contribution is 2.16. The molecule has 0 bridgehead atoms. The predicted molar refractivity (Wildman–Crippen MR) is 93.3 cm³/mol. The Bertz CT molecular complexity index is 608. The van der Waals surface area contributed by atoms with Crippen molar-refractivity contribution in [1.82, 2.24) is 20.2 Å². The van der Waals surface area contributed by atoms with Crippen LogP contribution in [0.4, 0.5) is 0 Å². The minimum atomic E-state index is 0.613. The van der Waals surface area contributed by atoms with Crippen molar-refractivity contribution in [3.05, 3.63) is 42.4 Å². The lowest BCUT2D eigenvalue weighted by Crippen LogP contribution is -2.39. The van der Waals surface area contributed by atoms with E-state index in [9.17, 15) is 0 Å². The summed E-state index contributed by atoms with van der Waals surface area (Å²) in [4.78, 5) is 14.4. The van der Waals surface area contributed by atoms with Crippen LogP contribution >= 0.6 is 0 Å². The lowest BCUT2D eigenvalue weighted by atomic mass is 10.2. The topological polar surface area (TPSA) is 65.5 Å². The van der Waals surface area contributed by atoms with Gasteiger partial charge in [-0.05, 0) is 12.5 Å². The van der Waals surface area contributed by atoms with E-state index in [2.05, 4.69) is 39.3 Å². The maximum absolute atomic E-state index is 5.05. The molecule has 0 aliphatic carbocycles. The Labute approximate surface area is 137 Å². The molecule has 0 saturated carbocycles. The molecule has 0 atom stereocenters. The summed E-state index contributed by atoms with van der Waals surface area (Å²) in [6, 6.07) is 10.2. The summed E-state index contributed by atoms with van der Waals surface area (Å²) in [6.45, 7) is 4.79. The van der Waals surface area contributed by atoms with Gasteiger partial charge in [-0.1, -0.05) is 30.3 Å². The lowest BCUT2D eigenvalue weighted by Gasteiger charge is -2.21. The first kappa shape index (κ1) is 17.0. The van der Waals surface area contributed by atoms with Crippen LogP contribution in [0.25, 0.3) is 11.3 Å². The Morgan fingerprint density at radius 1 is 1.35 bits per heavy atom. The second-order valence-corrected chi connectivity index (χ2v) is 5.19. The highest BCUT2D eigenvalue weighted by atomic mass is 16.5. The van der Waals surface area contributed by atoms with Gasteiger partial charge >= 0.3 is 0 Å². The van der Waals surface area contributed by atoms with Crippen molar-refractivity contribution < 1.29 is 4.74 Å². The van der Waals surface area contributed by atoms with Crippen molar-refractivity contribution >= 4 is 5.96 Å². The van der Waals surface area contributed by atoms with Gasteiger partial charge in [0.25, 0.3) is 0 Å². The summed E-state index contributed by atoms with van der Waals surface area (Å²) in [5, 5.41) is 3.28. The number of aromatic nitrogens is 2. The first-order valence-electron chi connectivity index (χ1n) is 7.82. The molecule has 2 aromatic rings. The van der Waals surface area contributed by atoms with Gasteiger partial charge in [0.2, 0.25) is 0 Å². The highest BCUT2D eigenvalue weighted by Gasteiger charge is 2.09. The van der Waals surface area contributed by atoms with Gasteiger partial charge in [0.05, 0.1) is 31.6 Å². The molecule has 0 amide bonds. The molecule has 0 fully saturated rings. The molecule has 6 heteroatoms. The molecule has 0 saturated heterocycles. The molecule has 0 radical (unpaired) electrons. The van der Waals surface area contributed by atoms with Crippen LogP contribution in [0.15, 0.2) is 41.5 Å². The molecule has 0 aliphatic heterocycles. The average Bonchev–Trinajstić information content (AvgIpc) is 3.03. The van der Waals surface area contributed by atoms with Crippen LogP contribution in [-0.4, -0.2) is 54.7 Å². The lowest BCUT2D eigenvalue weighted by molar-refractivity contribution is 0.207. The summed E-state index contributed by atoms with van der Waals surface area (Å²) in [6.07, 6.45) is 1.87. The van der Waals surface area contributed by atoms with E-state index in [0.717, 1.165) is 29.6 Å². The Hall–Kier alpha value is -2.34. The van der Waals surface area contributed by atoms with Crippen molar-refractivity contribution in [3.8, 4) is 11.3 Å². The fourth-order valence-electron chi connectivity index (χ4n) is 2.22. The van der Waals surface area contributed by atoms with Crippen LogP contribution in [0.1, 0.15) is 12.7 Å². The van der Waals surface area contributed by atoms with E-state index in [-0.39, 0.29) is 0 Å². The van der Waals surface area contributed by atoms with Crippen molar-refractivity contribution in [1.29, 1.82) is 0 Å². The molecule has 0 spiro atoms. The number of nitrogens with zero attached hydrogens (tertiary/aromatic N) is 3. The van der Waals surface area contributed by atoms with E-state index in [0.29, 0.717) is 19.7 Å². The number of guanidine groups is 1. The fraction of sp³-hybridized carbons (Fsp3) is 0.412. The molecule has 0 unspecified atom stereocenters. The number of hydrogen-bond acceptors (Lipinski definition) is 3.